The van der Waals surface area contributed by atoms with Crippen LogP contribution < -0.4 is 5.32 Å². The van der Waals surface area contributed by atoms with E-state index in [0.717, 1.165) is 0 Å². The van der Waals surface area contributed by atoms with E-state index in [1.165, 1.54) is 24.3 Å². The highest BCUT2D eigenvalue weighted by molar-refractivity contribution is 7.84. The third-order valence-corrected chi connectivity index (χ3v) is 3.42. The molecular formula is C13H17NO4S. The molecule has 19 heavy (non-hydrogen) atoms. The highest BCUT2D eigenvalue weighted by atomic mass is 32.2. The highest BCUT2D eigenvalue weighted by Gasteiger charge is 2.11. The van der Waals surface area contributed by atoms with E-state index in [1.807, 2.05) is 6.92 Å². The van der Waals surface area contributed by atoms with Crippen LogP contribution in [0.25, 0.3) is 0 Å². The second-order valence-corrected chi connectivity index (χ2v) is 5.88. The minimum atomic E-state index is -1.02. The van der Waals surface area contributed by atoms with Gasteiger partial charge in [0.1, 0.15) is 0 Å². The molecule has 0 aliphatic rings. The molecular weight excluding hydrogens is 266 g/mol. The molecule has 1 aromatic rings. The highest BCUT2D eigenvalue weighted by Crippen LogP contribution is 2.05. The van der Waals surface area contributed by atoms with Crippen LogP contribution in [0, 0.1) is 0 Å². The number of carboxylic acids is 1. The summed E-state index contributed by atoms with van der Waals surface area (Å²) >= 11 is 0. The molecule has 0 saturated heterocycles. The van der Waals surface area contributed by atoms with Crippen molar-refractivity contribution in [3.8, 4) is 0 Å². The zero-order valence-corrected chi connectivity index (χ0v) is 11.7. The summed E-state index contributed by atoms with van der Waals surface area (Å²) in [5, 5.41) is 11.5. The minimum absolute atomic E-state index is 0.0736. The van der Waals surface area contributed by atoms with Gasteiger partial charge in [0.05, 0.1) is 5.56 Å². The number of rotatable bonds is 6. The van der Waals surface area contributed by atoms with Gasteiger partial charge < -0.3 is 10.4 Å². The van der Waals surface area contributed by atoms with Crippen molar-refractivity contribution in [1.82, 2.24) is 5.32 Å². The summed E-state index contributed by atoms with van der Waals surface area (Å²) in [5.74, 6) is -0.739. The first-order valence-corrected chi connectivity index (χ1v) is 7.57. The Kier molecular flexibility index (Phi) is 5.69. The Morgan fingerprint density at radius 3 is 2.26 bits per heavy atom. The average Bonchev–Trinajstić information content (AvgIpc) is 2.36. The van der Waals surface area contributed by atoms with Gasteiger partial charge in [0, 0.05) is 34.4 Å². The van der Waals surface area contributed by atoms with Crippen molar-refractivity contribution >= 4 is 22.7 Å². The van der Waals surface area contributed by atoms with Crippen molar-refractivity contribution < 1.29 is 18.9 Å². The molecule has 1 amide bonds. The molecule has 6 heteroatoms. The molecule has 1 rings (SSSR count). The van der Waals surface area contributed by atoms with Gasteiger partial charge in [-0.15, -0.1) is 0 Å². The van der Waals surface area contributed by atoms with Crippen LogP contribution in [0.2, 0.25) is 0 Å². The molecule has 0 aromatic heterocycles. The number of amides is 1. The molecule has 0 bridgehead atoms. The molecule has 0 saturated carbocycles. The largest absolute Gasteiger partial charge is 0.478 e. The summed E-state index contributed by atoms with van der Waals surface area (Å²) in [6, 6.07) is 5.66. The van der Waals surface area contributed by atoms with Gasteiger partial charge in [-0.05, 0) is 37.6 Å². The Balaban J connectivity index is 2.58. The predicted octanol–water partition coefficient (Wildman–Crippen LogP) is 1.27. The van der Waals surface area contributed by atoms with Gasteiger partial charge in [-0.2, -0.15) is 0 Å². The lowest BCUT2D eigenvalue weighted by Crippen LogP contribution is -2.33. The van der Waals surface area contributed by atoms with Gasteiger partial charge in [0.15, 0.2) is 0 Å². The van der Waals surface area contributed by atoms with Crippen molar-refractivity contribution in [3.63, 3.8) is 0 Å². The van der Waals surface area contributed by atoms with Crippen LogP contribution >= 0.6 is 0 Å². The Hall–Kier alpha value is -1.69. The van der Waals surface area contributed by atoms with E-state index < -0.39 is 16.8 Å². The fraction of sp³-hybridized carbons (Fsp3) is 0.385. The molecule has 2 unspecified atom stereocenters. The Bertz CT molecular complexity index is 484. The number of nitrogens with one attached hydrogen (secondary N) is 1. The SMILES string of the molecule is CC(CCS(C)=O)NC(=O)c1ccc(C(=O)O)cc1. The molecule has 0 aliphatic heterocycles. The maximum Gasteiger partial charge on any atom is 0.335 e. The van der Waals surface area contributed by atoms with Gasteiger partial charge in [-0.1, -0.05) is 0 Å². The lowest BCUT2D eigenvalue weighted by molar-refractivity contribution is 0.0696. The van der Waals surface area contributed by atoms with Crippen LogP contribution in [0.5, 0.6) is 0 Å². The fourth-order valence-corrected chi connectivity index (χ4v) is 2.17. The topological polar surface area (TPSA) is 83.5 Å². The van der Waals surface area contributed by atoms with Crippen molar-refractivity contribution in [2.75, 3.05) is 12.0 Å². The lowest BCUT2D eigenvalue weighted by Gasteiger charge is -2.13. The second kappa shape index (κ2) is 7.04. The molecule has 0 radical (unpaired) electrons. The van der Waals surface area contributed by atoms with E-state index in [9.17, 15) is 13.8 Å². The summed E-state index contributed by atoms with van der Waals surface area (Å²) in [7, 11) is -0.870. The summed E-state index contributed by atoms with van der Waals surface area (Å²) in [6.45, 7) is 1.84. The number of aromatic carboxylic acids is 1. The zero-order valence-electron chi connectivity index (χ0n) is 10.9. The molecule has 104 valence electrons. The number of benzene rings is 1. The zero-order chi connectivity index (χ0) is 14.4. The van der Waals surface area contributed by atoms with Gasteiger partial charge in [0.25, 0.3) is 5.91 Å². The molecule has 0 spiro atoms. The normalized spacial score (nSPS) is 13.6. The molecule has 0 fully saturated rings. The van der Waals surface area contributed by atoms with E-state index in [4.69, 9.17) is 5.11 Å². The van der Waals surface area contributed by atoms with Crippen LogP contribution in [0.1, 0.15) is 34.1 Å². The van der Waals surface area contributed by atoms with Crippen LogP contribution in [-0.4, -0.2) is 39.2 Å². The van der Waals surface area contributed by atoms with E-state index in [1.54, 1.807) is 6.26 Å². The number of carbonyl (C=O) groups is 2. The standard InChI is InChI=1S/C13H17NO4S/c1-9(7-8-19(2)18)14-12(15)10-3-5-11(6-4-10)13(16)17/h3-6,9H,7-8H2,1-2H3,(H,14,15)(H,16,17). The number of hydrogen-bond donors (Lipinski definition) is 2. The number of carboxylic acid groups (broad SMARTS) is 1. The lowest BCUT2D eigenvalue weighted by atomic mass is 10.1. The van der Waals surface area contributed by atoms with Crippen molar-refractivity contribution in [2.24, 2.45) is 0 Å². The Labute approximate surface area is 114 Å². The van der Waals surface area contributed by atoms with Gasteiger partial charge in [-0.25, -0.2) is 4.79 Å². The summed E-state index contributed by atoms with van der Waals surface area (Å²) in [5.41, 5.74) is 0.556. The van der Waals surface area contributed by atoms with Crippen LogP contribution in [-0.2, 0) is 10.8 Å². The summed E-state index contributed by atoms with van der Waals surface area (Å²) < 4.78 is 10.9. The molecule has 2 atom stereocenters. The fourth-order valence-electron chi connectivity index (χ4n) is 1.49. The first kappa shape index (κ1) is 15.4. The van der Waals surface area contributed by atoms with Gasteiger partial charge in [0.2, 0.25) is 0 Å². The smallest absolute Gasteiger partial charge is 0.335 e. The van der Waals surface area contributed by atoms with Gasteiger partial charge in [-0.3, -0.25) is 9.00 Å². The van der Waals surface area contributed by atoms with Crippen molar-refractivity contribution in [3.05, 3.63) is 35.4 Å². The monoisotopic (exact) mass is 283 g/mol. The van der Waals surface area contributed by atoms with E-state index >= 15 is 0 Å². The molecule has 2 N–H and O–H groups in total. The Morgan fingerprint density at radius 1 is 1.26 bits per heavy atom. The third kappa shape index (κ3) is 5.21. The number of hydrogen-bond acceptors (Lipinski definition) is 3. The second-order valence-electron chi connectivity index (χ2n) is 4.32. The minimum Gasteiger partial charge on any atom is -0.478 e. The maximum atomic E-state index is 11.8. The van der Waals surface area contributed by atoms with Gasteiger partial charge >= 0.3 is 5.97 Å². The van der Waals surface area contributed by atoms with Crippen LogP contribution in [0.4, 0.5) is 0 Å². The van der Waals surface area contributed by atoms with Crippen LogP contribution in [0.15, 0.2) is 24.3 Å². The Morgan fingerprint density at radius 2 is 1.79 bits per heavy atom. The first-order valence-electron chi connectivity index (χ1n) is 5.84. The maximum absolute atomic E-state index is 11.8. The van der Waals surface area contributed by atoms with Crippen LogP contribution in [0.3, 0.4) is 0 Å². The summed E-state index contributed by atoms with van der Waals surface area (Å²) in [6.07, 6.45) is 2.27. The quantitative estimate of drug-likeness (QED) is 0.823. The number of carbonyl (C=O) groups excluding carboxylic acids is 1. The summed E-state index contributed by atoms with van der Waals surface area (Å²) in [4.78, 5) is 22.5. The van der Waals surface area contributed by atoms with E-state index in [0.29, 0.717) is 17.7 Å². The van der Waals surface area contributed by atoms with E-state index in [2.05, 4.69) is 5.32 Å². The molecule has 0 aliphatic carbocycles. The average molecular weight is 283 g/mol. The van der Waals surface area contributed by atoms with E-state index in [-0.39, 0.29) is 17.5 Å². The molecule has 5 nitrogen and oxygen atoms in total. The van der Waals surface area contributed by atoms with Crippen molar-refractivity contribution in [2.45, 2.75) is 19.4 Å². The first-order chi connectivity index (χ1) is 8.90. The molecule has 1 aromatic carbocycles. The molecule has 0 heterocycles. The third-order valence-electron chi connectivity index (χ3n) is 2.61. The van der Waals surface area contributed by atoms with Crippen molar-refractivity contribution in [1.29, 1.82) is 0 Å². The predicted molar refractivity (Wildman–Crippen MR) is 73.9 cm³/mol.